The summed E-state index contributed by atoms with van der Waals surface area (Å²) >= 11 is 0. The van der Waals surface area contributed by atoms with Crippen molar-refractivity contribution >= 4 is 23.8 Å². The summed E-state index contributed by atoms with van der Waals surface area (Å²) in [5.41, 5.74) is 1.22. The minimum atomic E-state index is -0.854. The Labute approximate surface area is 320 Å². The third-order valence-corrected chi connectivity index (χ3v) is 9.25. The molecule has 2 rings (SSSR count). The molecule has 0 aromatic heterocycles. The smallest absolute Gasteiger partial charge is 0.329 e. The van der Waals surface area contributed by atoms with Gasteiger partial charge in [-0.3, -0.25) is 14.4 Å². The van der Waals surface area contributed by atoms with Crippen LogP contribution in [0.2, 0.25) is 0 Å². The lowest BCUT2D eigenvalue weighted by Gasteiger charge is -2.31. The predicted octanol–water partition coefficient (Wildman–Crippen LogP) is 10.8. The molecule has 0 heterocycles. The first kappa shape index (κ1) is 45.5. The van der Waals surface area contributed by atoms with E-state index in [1.54, 1.807) is 4.90 Å². The number of rotatable bonds is 29. The summed E-state index contributed by atoms with van der Waals surface area (Å²) in [5, 5.41) is 0. The van der Waals surface area contributed by atoms with E-state index in [1.807, 2.05) is 81.4 Å². The number of nitrogens with zero attached hydrogens (tertiary/aromatic N) is 1. The van der Waals surface area contributed by atoms with Crippen molar-refractivity contribution in [1.82, 2.24) is 4.90 Å². The minimum absolute atomic E-state index is 0.0225. The van der Waals surface area contributed by atoms with Crippen LogP contribution >= 0.6 is 0 Å². The fourth-order valence-corrected chi connectivity index (χ4v) is 6.30. The second-order valence-corrected chi connectivity index (χ2v) is 15.3. The van der Waals surface area contributed by atoms with Crippen LogP contribution in [0.3, 0.4) is 0 Å². The largest absolute Gasteiger partial charge is 0.461 e. The molecular formula is C45H69NO7. The van der Waals surface area contributed by atoms with Crippen molar-refractivity contribution < 1.29 is 33.4 Å². The normalized spacial score (nSPS) is 11.8. The van der Waals surface area contributed by atoms with Crippen molar-refractivity contribution in [3.63, 3.8) is 0 Å². The Morgan fingerprint density at radius 3 is 1.57 bits per heavy atom. The van der Waals surface area contributed by atoms with Crippen molar-refractivity contribution in [1.29, 1.82) is 0 Å². The summed E-state index contributed by atoms with van der Waals surface area (Å²) in [7, 11) is 0. The van der Waals surface area contributed by atoms with Crippen LogP contribution in [0, 0.1) is 0 Å². The first-order valence-corrected chi connectivity index (χ1v) is 20.5. The summed E-state index contributed by atoms with van der Waals surface area (Å²) < 4.78 is 16.7. The second kappa shape index (κ2) is 27.9. The maximum atomic E-state index is 13.8. The molecule has 53 heavy (non-hydrogen) atoms. The van der Waals surface area contributed by atoms with Gasteiger partial charge in [-0.15, -0.1) is 0 Å². The lowest BCUT2D eigenvalue weighted by atomic mass is 10.0. The topological polar surface area (TPSA) is 99.2 Å². The highest BCUT2D eigenvalue weighted by Gasteiger charge is 2.32. The van der Waals surface area contributed by atoms with Gasteiger partial charge in [0.25, 0.3) is 0 Å². The number of carbonyl (C=O) groups is 4. The van der Waals surface area contributed by atoms with E-state index >= 15 is 0 Å². The number of ether oxygens (including phenoxy) is 3. The summed E-state index contributed by atoms with van der Waals surface area (Å²) in [6.07, 6.45) is 17.8. The first-order chi connectivity index (χ1) is 25.6. The maximum Gasteiger partial charge on any atom is 0.329 e. The number of hydrogen-bond donors (Lipinski definition) is 0. The molecule has 2 aromatic carbocycles. The molecule has 8 heteroatoms. The molecule has 0 aliphatic carbocycles. The number of hydrogen-bond acceptors (Lipinski definition) is 7. The van der Waals surface area contributed by atoms with Gasteiger partial charge in [0.05, 0.1) is 0 Å². The quantitative estimate of drug-likeness (QED) is 0.0466. The molecule has 1 atom stereocenters. The zero-order valence-electron chi connectivity index (χ0n) is 33.4. The number of benzene rings is 2. The molecule has 0 aliphatic heterocycles. The molecular weight excluding hydrogens is 666 g/mol. The molecule has 296 valence electrons. The molecule has 0 spiro atoms. The zero-order chi connectivity index (χ0) is 38.6. The Morgan fingerprint density at radius 1 is 0.566 bits per heavy atom. The molecule has 2 aromatic rings. The van der Waals surface area contributed by atoms with E-state index in [4.69, 9.17) is 14.2 Å². The number of amides is 1. The molecule has 8 nitrogen and oxygen atoms in total. The van der Waals surface area contributed by atoms with Gasteiger partial charge in [0, 0.05) is 25.8 Å². The number of unbranched alkanes of at least 4 members (excludes halogenated alkanes) is 14. The van der Waals surface area contributed by atoms with Crippen LogP contribution in [0.5, 0.6) is 0 Å². The van der Waals surface area contributed by atoms with E-state index < -0.39 is 23.6 Å². The fraction of sp³-hybridized carbons (Fsp3) is 0.644. The van der Waals surface area contributed by atoms with Crippen LogP contribution in [-0.2, 0) is 46.6 Å². The third kappa shape index (κ3) is 22.9. The van der Waals surface area contributed by atoms with Gasteiger partial charge in [0.2, 0.25) is 5.91 Å². The van der Waals surface area contributed by atoms with Crippen LogP contribution in [0.4, 0.5) is 0 Å². The minimum Gasteiger partial charge on any atom is -0.461 e. The van der Waals surface area contributed by atoms with Gasteiger partial charge >= 0.3 is 17.9 Å². The number of esters is 3. The predicted molar refractivity (Wildman–Crippen MR) is 212 cm³/mol. The Kier molecular flexibility index (Phi) is 23.9. The molecule has 0 radical (unpaired) electrons. The van der Waals surface area contributed by atoms with E-state index in [9.17, 15) is 19.2 Å². The van der Waals surface area contributed by atoms with Crippen LogP contribution in [0.15, 0.2) is 60.7 Å². The molecule has 0 fully saturated rings. The van der Waals surface area contributed by atoms with Gasteiger partial charge in [-0.05, 0) is 57.6 Å². The Balaban J connectivity index is 1.89. The highest BCUT2D eigenvalue weighted by atomic mass is 16.6. The van der Waals surface area contributed by atoms with Crippen LogP contribution in [0.25, 0.3) is 0 Å². The van der Waals surface area contributed by atoms with E-state index in [1.165, 1.54) is 38.5 Å². The monoisotopic (exact) mass is 736 g/mol. The molecule has 0 unspecified atom stereocenters. The Hall–Kier alpha value is -3.68. The lowest BCUT2D eigenvalue weighted by molar-refractivity contribution is -0.160. The first-order valence-electron chi connectivity index (χ1n) is 20.5. The summed E-state index contributed by atoms with van der Waals surface area (Å²) in [6.45, 7) is 8.57. The van der Waals surface area contributed by atoms with E-state index in [2.05, 4.69) is 6.92 Å². The lowest BCUT2D eigenvalue weighted by Crippen LogP contribution is -2.46. The van der Waals surface area contributed by atoms with Crippen molar-refractivity contribution in [2.75, 3.05) is 6.54 Å². The Bertz CT molecular complexity index is 1270. The van der Waals surface area contributed by atoms with Crippen LogP contribution in [-0.4, -0.2) is 46.9 Å². The van der Waals surface area contributed by atoms with Crippen LogP contribution in [0.1, 0.15) is 167 Å². The average Bonchev–Trinajstić information content (AvgIpc) is 3.14. The molecule has 0 N–H and O–H groups in total. The maximum absolute atomic E-state index is 13.8. The van der Waals surface area contributed by atoms with Crippen molar-refractivity contribution in [3.8, 4) is 0 Å². The van der Waals surface area contributed by atoms with Crippen molar-refractivity contribution in [3.05, 3.63) is 71.8 Å². The zero-order valence-corrected chi connectivity index (χ0v) is 33.4. The highest BCUT2D eigenvalue weighted by molar-refractivity contribution is 5.85. The van der Waals surface area contributed by atoms with Crippen molar-refractivity contribution in [2.24, 2.45) is 0 Å². The summed E-state index contributed by atoms with van der Waals surface area (Å²) in [4.78, 5) is 54.0. The Morgan fingerprint density at radius 2 is 1.04 bits per heavy atom. The molecule has 0 aliphatic rings. The highest BCUT2D eigenvalue weighted by Crippen LogP contribution is 2.20. The van der Waals surface area contributed by atoms with Crippen LogP contribution < -0.4 is 0 Å². The molecule has 0 saturated carbocycles. The molecule has 0 bridgehead atoms. The summed E-state index contributed by atoms with van der Waals surface area (Å²) in [6, 6.07) is 18.3. The third-order valence-electron chi connectivity index (χ3n) is 9.25. The van der Waals surface area contributed by atoms with E-state index in [-0.39, 0.29) is 31.3 Å². The van der Waals surface area contributed by atoms with Gasteiger partial charge in [-0.25, -0.2) is 4.79 Å². The van der Waals surface area contributed by atoms with Gasteiger partial charge < -0.3 is 19.1 Å². The average molecular weight is 736 g/mol. The summed E-state index contributed by atoms with van der Waals surface area (Å²) in [5.74, 6) is -1.10. The van der Waals surface area contributed by atoms with Gasteiger partial charge in [-0.1, -0.05) is 151 Å². The number of carbonyl (C=O) groups excluding carboxylic acids is 4. The van der Waals surface area contributed by atoms with Gasteiger partial charge in [0.15, 0.2) is 0 Å². The second-order valence-electron chi connectivity index (χ2n) is 15.3. The van der Waals surface area contributed by atoms with E-state index in [0.717, 1.165) is 75.3 Å². The van der Waals surface area contributed by atoms with Gasteiger partial charge in [-0.2, -0.15) is 0 Å². The van der Waals surface area contributed by atoms with E-state index in [0.29, 0.717) is 26.0 Å². The fourth-order valence-electron chi connectivity index (χ4n) is 6.30. The SMILES string of the molecule is CCCCCCCCCCCN(C(=O)CCCCCCCCCC(=O)OCc1ccccc1)[C@@H](CCC(=O)OC(C)(C)C)C(=O)OCc1ccccc1. The molecule has 0 saturated heterocycles. The standard InChI is InChI=1S/C45H69NO7/c1-5-6-7-8-9-10-14-17-26-35-46(40(33-34-43(49)53-45(2,3)4)44(50)52-37-39-29-22-19-23-30-39)41(47)31-24-15-12-11-13-16-25-32-42(48)51-36-38-27-20-18-21-28-38/h18-23,27-30,40H,5-17,24-26,31-37H2,1-4H3/t40-/m0/s1. The van der Waals surface area contributed by atoms with Gasteiger partial charge in [0.1, 0.15) is 24.9 Å². The van der Waals surface area contributed by atoms with Crippen molar-refractivity contribution in [2.45, 2.75) is 181 Å². The molecule has 1 amide bonds.